The van der Waals surface area contributed by atoms with Crippen molar-refractivity contribution >= 4 is 11.4 Å². The van der Waals surface area contributed by atoms with Crippen molar-refractivity contribution < 1.29 is 9.66 Å². The molecule has 5 nitrogen and oxygen atoms in total. The Labute approximate surface area is 119 Å². The van der Waals surface area contributed by atoms with Crippen molar-refractivity contribution in [1.82, 2.24) is 0 Å². The Kier molecular flexibility index (Phi) is 4.82. The molecule has 1 saturated carbocycles. The van der Waals surface area contributed by atoms with Crippen molar-refractivity contribution in [1.29, 1.82) is 0 Å². The van der Waals surface area contributed by atoms with Crippen LogP contribution in [0.1, 0.15) is 39.5 Å². The Morgan fingerprint density at radius 2 is 2.20 bits per heavy atom. The summed E-state index contributed by atoms with van der Waals surface area (Å²) in [5, 5.41) is 14.5. The molecule has 0 heterocycles. The van der Waals surface area contributed by atoms with Crippen molar-refractivity contribution in [3.05, 3.63) is 28.3 Å². The van der Waals surface area contributed by atoms with E-state index in [4.69, 9.17) is 4.74 Å². The monoisotopic (exact) mass is 278 g/mol. The first-order valence-electron chi connectivity index (χ1n) is 7.31. The van der Waals surface area contributed by atoms with Gasteiger partial charge in [-0.05, 0) is 44.2 Å². The first-order chi connectivity index (χ1) is 9.63. The standard InChI is InChI=1S/C15H22N2O3/c1-3-11-5-6-12(9-11)16-14-8-7-13(20-4-2)10-15(14)17(18)19/h7-8,10-12,16H,3-6,9H2,1-2H3. The van der Waals surface area contributed by atoms with E-state index >= 15 is 0 Å². The first kappa shape index (κ1) is 14.6. The molecule has 1 fully saturated rings. The van der Waals surface area contributed by atoms with Crippen molar-refractivity contribution in [2.24, 2.45) is 5.92 Å². The Morgan fingerprint density at radius 1 is 1.40 bits per heavy atom. The van der Waals surface area contributed by atoms with Gasteiger partial charge in [0.2, 0.25) is 0 Å². The Bertz CT molecular complexity index is 476. The molecule has 2 atom stereocenters. The molecule has 0 radical (unpaired) electrons. The lowest BCUT2D eigenvalue weighted by Crippen LogP contribution is -2.16. The number of hydrogen-bond acceptors (Lipinski definition) is 4. The maximum absolute atomic E-state index is 11.2. The SMILES string of the molecule is CCOc1ccc(NC2CCC(CC)C2)c([N+](=O)[O-])c1. The van der Waals surface area contributed by atoms with Gasteiger partial charge in [-0.1, -0.05) is 13.3 Å². The number of anilines is 1. The number of hydrogen-bond donors (Lipinski definition) is 1. The van der Waals surface area contributed by atoms with E-state index in [0.717, 1.165) is 18.8 Å². The summed E-state index contributed by atoms with van der Waals surface area (Å²) in [5.41, 5.74) is 0.691. The molecule has 0 aliphatic heterocycles. The van der Waals surface area contributed by atoms with Gasteiger partial charge >= 0.3 is 0 Å². The molecule has 110 valence electrons. The van der Waals surface area contributed by atoms with E-state index in [1.54, 1.807) is 12.1 Å². The highest BCUT2D eigenvalue weighted by atomic mass is 16.6. The summed E-state index contributed by atoms with van der Waals surface area (Å²) in [6, 6.07) is 5.38. The summed E-state index contributed by atoms with van der Waals surface area (Å²) in [7, 11) is 0. The zero-order chi connectivity index (χ0) is 14.5. The highest BCUT2D eigenvalue weighted by Gasteiger charge is 2.25. The third-order valence-corrected chi connectivity index (χ3v) is 3.96. The van der Waals surface area contributed by atoms with Gasteiger partial charge in [-0.3, -0.25) is 10.1 Å². The minimum absolute atomic E-state index is 0.0934. The molecule has 1 aliphatic rings. The number of rotatable bonds is 6. The van der Waals surface area contributed by atoms with Crippen LogP contribution in [0.3, 0.4) is 0 Å². The van der Waals surface area contributed by atoms with Crippen LogP contribution in [0.2, 0.25) is 0 Å². The second-order valence-electron chi connectivity index (χ2n) is 5.30. The predicted octanol–water partition coefficient (Wildman–Crippen LogP) is 3.98. The summed E-state index contributed by atoms with van der Waals surface area (Å²) < 4.78 is 5.32. The Balaban J connectivity index is 2.12. The average Bonchev–Trinajstić information content (AvgIpc) is 2.88. The smallest absolute Gasteiger partial charge is 0.296 e. The zero-order valence-electron chi connectivity index (χ0n) is 12.1. The number of ether oxygens (including phenoxy) is 1. The fraction of sp³-hybridized carbons (Fsp3) is 0.600. The molecule has 5 heteroatoms. The molecule has 0 aromatic heterocycles. The van der Waals surface area contributed by atoms with Gasteiger partial charge in [0.25, 0.3) is 5.69 Å². The number of nitrogens with one attached hydrogen (secondary N) is 1. The van der Waals surface area contributed by atoms with Gasteiger partial charge in [0.15, 0.2) is 0 Å². The number of benzene rings is 1. The van der Waals surface area contributed by atoms with Crippen LogP contribution in [0.25, 0.3) is 0 Å². The largest absolute Gasteiger partial charge is 0.494 e. The quantitative estimate of drug-likeness (QED) is 0.631. The highest BCUT2D eigenvalue weighted by Crippen LogP contribution is 2.34. The van der Waals surface area contributed by atoms with Gasteiger partial charge < -0.3 is 10.1 Å². The van der Waals surface area contributed by atoms with E-state index in [9.17, 15) is 10.1 Å². The topological polar surface area (TPSA) is 64.4 Å². The normalized spacial score (nSPS) is 21.7. The van der Waals surface area contributed by atoms with Crippen LogP contribution in [0.5, 0.6) is 5.75 Å². The lowest BCUT2D eigenvalue weighted by Gasteiger charge is -2.15. The minimum atomic E-state index is -0.350. The molecule has 1 N–H and O–H groups in total. The minimum Gasteiger partial charge on any atom is -0.494 e. The third-order valence-electron chi connectivity index (χ3n) is 3.96. The maximum Gasteiger partial charge on any atom is 0.296 e. The fourth-order valence-electron chi connectivity index (χ4n) is 2.84. The summed E-state index contributed by atoms with van der Waals surface area (Å²) >= 11 is 0. The number of nitro groups is 1. The van der Waals surface area contributed by atoms with Gasteiger partial charge in [-0.2, -0.15) is 0 Å². The fourth-order valence-corrected chi connectivity index (χ4v) is 2.84. The van der Waals surface area contributed by atoms with E-state index in [1.165, 1.54) is 18.9 Å². The summed E-state index contributed by atoms with van der Waals surface area (Å²) in [6.07, 6.45) is 4.58. The predicted molar refractivity (Wildman–Crippen MR) is 79.3 cm³/mol. The molecular weight excluding hydrogens is 256 g/mol. The van der Waals surface area contributed by atoms with Crippen LogP contribution >= 0.6 is 0 Å². The van der Waals surface area contributed by atoms with Crippen molar-refractivity contribution in [3.8, 4) is 5.75 Å². The van der Waals surface area contributed by atoms with Gasteiger partial charge in [-0.25, -0.2) is 0 Å². The average molecular weight is 278 g/mol. The van der Waals surface area contributed by atoms with Gasteiger partial charge in [0, 0.05) is 6.04 Å². The number of nitro benzene ring substituents is 1. The van der Waals surface area contributed by atoms with E-state index in [0.29, 0.717) is 24.1 Å². The van der Waals surface area contributed by atoms with E-state index < -0.39 is 0 Å². The molecule has 1 aromatic rings. The summed E-state index contributed by atoms with van der Waals surface area (Å²) in [5.74, 6) is 1.29. The van der Waals surface area contributed by atoms with Gasteiger partial charge in [0.1, 0.15) is 11.4 Å². The van der Waals surface area contributed by atoms with Crippen molar-refractivity contribution in [2.75, 3.05) is 11.9 Å². The molecule has 0 amide bonds. The lowest BCUT2D eigenvalue weighted by molar-refractivity contribution is -0.384. The Morgan fingerprint density at radius 3 is 2.80 bits per heavy atom. The molecule has 20 heavy (non-hydrogen) atoms. The highest BCUT2D eigenvalue weighted by molar-refractivity contribution is 5.64. The van der Waals surface area contributed by atoms with E-state index in [2.05, 4.69) is 12.2 Å². The van der Waals surface area contributed by atoms with Crippen LogP contribution in [0.4, 0.5) is 11.4 Å². The van der Waals surface area contributed by atoms with Crippen LogP contribution in [0, 0.1) is 16.0 Å². The van der Waals surface area contributed by atoms with Crippen LogP contribution in [-0.2, 0) is 0 Å². The van der Waals surface area contributed by atoms with Gasteiger partial charge in [-0.15, -0.1) is 0 Å². The van der Waals surface area contributed by atoms with E-state index in [-0.39, 0.29) is 10.6 Å². The molecule has 1 aromatic carbocycles. The zero-order valence-corrected chi connectivity index (χ0v) is 12.1. The van der Waals surface area contributed by atoms with Crippen molar-refractivity contribution in [3.63, 3.8) is 0 Å². The molecular formula is C15H22N2O3. The summed E-state index contributed by atoms with van der Waals surface area (Å²) in [4.78, 5) is 10.8. The molecule has 2 unspecified atom stereocenters. The van der Waals surface area contributed by atoms with Crippen molar-refractivity contribution in [2.45, 2.75) is 45.6 Å². The molecule has 0 saturated heterocycles. The van der Waals surface area contributed by atoms with Gasteiger partial charge in [0.05, 0.1) is 17.6 Å². The molecule has 1 aliphatic carbocycles. The number of nitrogens with zero attached hydrogens (tertiary/aromatic N) is 1. The molecule has 0 spiro atoms. The van der Waals surface area contributed by atoms with E-state index in [1.807, 2.05) is 6.92 Å². The molecule has 2 rings (SSSR count). The van der Waals surface area contributed by atoms with Crippen LogP contribution in [0.15, 0.2) is 18.2 Å². The lowest BCUT2D eigenvalue weighted by atomic mass is 10.1. The Hall–Kier alpha value is -1.78. The second-order valence-corrected chi connectivity index (χ2v) is 5.30. The third kappa shape index (κ3) is 3.40. The first-order valence-corrected chi connectivity index (χ1v) is 7.31. The molecule has 0 bridgehead atoms. The maximum atomic E-state index is 11.2. The second kappa shape index (κ2) is 6.59. The van der Waals surface area contributed by atoms with Crippen LogP contribution < -0.4 is 10.1 Å². The van der Waals surface area contributed by atoms with Crippen LogP contribution in [-0.4, -0.2) is 17.6 Å². The summed E-state index contributed by atoms with van der Waals surface area (Å²) in [6.45, 7) is 4.57.